The van der Waals surface area contributed by atoms with Crippen LogP contribution in [-0.2, 0) is 19.0 Å². The van der Waals surface area contributed by atoms with E-state index in [0.717, 1.165) is 38.5 Å². The van der Waals surface area contributed by atoms with E-state index in [0.29, 0.717) is 6.61 Å². The molecule has 0 radical (unpaired) electrons. The average Bonchev–Trinajstić information content (AvgIpc) is 3.00. The number of esters is 1. The molecular weight excluding hydrogens is 376 g/mol. The van der Waals surface area contributed by atoms with Crippen molar-refractivity contribution in [1.82, 2.24) is 0 Å². The molecule has 0 bridgehead atoms. The number of ether oxygens (including phenoxy) is 3. The Morgan fingerprint density at radius 3 is 1.93 bits per heavy atom. The lowest BCUT2D eigenvalue weighted by molar-refractivity contribution is -0.189. The lowest BCUT2D eigenvalue weighted by Crippen LogP contribution is -2.43. The predicted octanol–water partition coefficient (Wildman–Crippen LogP) is 3.07. The maximum Gasteiger partial charge on any atom is 0.337 e. The summed E-state index contributed by atoms with van der Waals surface area (Å²) in [6, 6.07) is 0. The number of unbranched alkanes of at least 4 members (excludes halogenated alkanes) is 10. The molecule has 0 aromatic rings. The van der Waals surface area contributed by atoms with E-state index in [4.69, 9.17) is 14.2 Å². The summed E-state index contributed by atoms with van der Waals surface area (Å²) in [7, 11) is 0. The lowest BCUT2D eigenvalue weighted by atomic mass is 10.1. The van der Waals surface area contributed by atoms with E-state index in [-0.39, 0.29) is 6.61 Å². The van der Waals surface area contributed by atoms with Gasteiger partial charge in [0.15, 0.2) is 12.4 Å². The van der Waals surface area contributed by atoms with Gasteiger partial charge >= 0.3 is 5.97 Å². The third-order valence-electron chi connectivity index (χ3n) is 5.33. The second-order valence-corrected chi connectivity index (χ2v) is 7.97. The molecule has 0 saturated carbocycles. The van der Waals surface area contributed by atoms with E-state index in [1.54, 1.807) is 0 Å². The first kappa shape index (κ1) is 26.3. The highest BCUT2D eigenvalue weighted by Gasteiger charge is 2.49. The number of aliphatic hydroxyl groups excluding tert-OH is 3. The summed E-state index contributed by atoms with van der Waals surface area (Å²) < 4.78 is 16.0. The van der Waals surface area contributed by atoms with Crippen molar-refractivity contribution >= 4 is 5.97 Å². The first-order valence-electron chi connectivity index (χ1n) is 11.5. The maximum atomic E-state index is 12.0. The Balaban J connectivity index is 2.24. The minimum absolute atomic E-state index is 0.228. The average molecular weight is 419 g/mol. The van der Waals surface area contributed by atoms with Gasteiger partial charge in [-0.15, -0.1) is 0 Å². The van der Waals surface area contributed by atoms with Crippen LogP contribution < -0.4 is 0 Å². The van der Waals surface area contributed by atoms with Gasteiger partial charge in [0.05, 0.1) is 6.61 Å². The molecule has 7 heteroatoms. The summed E-state index contributed by atoms with van der Waals surface area (Å²) in [4.78, 5) is 12.0. The number of aliphatic hydroxyl groups is 3. The molecule has 0 aromatic carbocycles. The van der Waals surface area contributed by atoms with Gasteiger partial charge in [0.25, 0.3) is 0 Å². The van der Waals surface area contributed by atoms with Crippen molar-refractivity contribution in [2.75, 3.05) is 13.2 Å². The van der Waals surface area contributed by atoms with Gasteiger partial charge < -0.3 is 29.5 Å². The Morgan fingerprint density at radius 1 is 0.828 bits per heavy atom. The highest BCUT2D eigenvalue weighted by atomic mass is 16.7. The van der Waals surface area contributed by atoms with Crippen molar-refractivity contribution in [3.8, 4) is 0 Å². The molecule has 172 valence electrons. The molecule has 1 rings (SSSR count). The van der Waals surface area contributed by atoms with Crippen LogP contribution in [0, 0.1) is 0 Å². The van der Waals surface area contributed by atoms with Crippen LogP contribution in [0.1, 0.15) is 90.9 Å². The smallest absolute Gasteiger partial charge is 0.337 e. The van der Waals surface area contributed by atoms with E-state index < -0.39 is 36.7 Å². The van der Waals surface area contributed by atoms with Crippen molar-refractivity contribution < 1.29 is 34.3 Å². The standard InChI is InChI=1S/C22H42O7/c1-3-5-7-9-11-13-15-27-21(26)19(25)20-17(23)18(24)22(29-20)28-16-14-12-10-8-6-4-2/h17-20,22-25H,3-16H2,1-2H3/t17-,18-,19+,20-,22-/m1/s1. The molecule has 0 aliphatic carbocycles. The summed E-state index contributed by atoms with van der Waals surface area (Å²) in [6.07, 6.45) is 6.34. The Kier molecular flexibility index (Phi) is 14.5. The molecular formula is C22H42O7. The van der Waals surface area contributed by atoms with E-state index >= 15 is 0 Å². The molecule has 29 heavy (non-hydrogen) atoms. The molecule has 1 aliphatic heterocycles. The van der Waals surface area contributed by atoms with Crippen LogP contribution >= 0.6 is 0 Å². The van der Waals surface area contributed by atoms with Gasteiger partial charge in [-0.3, -0.25) is 0 Å². The SMILES string of the molecule is CCCCCCCCOC(=O)[C@@H](O)[C@@H]1O[C@@H](OCCCCCCCC)[C@H](O)[C@H]1O. The van der Waals surface area contributed by atoms with Gasteiger partial charge in [-0.2, -0.15) is 0 Å². The molecule has 0 unspecified atom stereocenters. The van der Waals surface area contributed by atoms with Crippen LogP contribution in [0.4, 0.5) is 0 Å². The first-order valence-corrected chi connectivity index (χ1v) is 11.5. The zero-order valence-corrected chi connectivity index (χ0v) is 18.3. The zero-order valence-electron chi connectivity index (χ0n) is 18.3. The maximum absolute atomic E-state index is 12.0. The molecule has 5 atom stereocenters. The molecule has 3 N–H and O–H groups in total. The molecule has 0 amide bonds. The first-order chi connectivity index (χ1) is 14.0. The second-order valence-electron chi connectivity index (χ2n) is 7.97. The Morgan fingerprint density at radius 2 is 1.34 bits per heavy atom. The van der Waals surface area contributed by atoms with Crippen LogP contribution in [0.2, 0.25) is 0 Å². The van der Waals surface area contributed by atoms with Gasteiger partial charge in [0, 0.05) is 6.61 Å². The van der Waals surface area contributed by atoms with E-state index in [2.05, 4.69) is 13.8 Å². The summed E-state index contributed by atoms with van der Waals surface area (Å²) in [5.41, 5.74) is 0. The van der Waals surface area contributed by atoms with Crippen molar-refractivity contribution in [2.24, 2.45) is 0 Å². The summed E-state index contributed by atoms with van der Waals surface area (Å²) >= 11 is 0. The largest absolute Gasteiger partial charge is 0.464 e. The van der Waals surface area contributed by atoms with Crippen LogP contribution in [0.25, 0.3) is 0 Å². The third-order valence-corrected chi connectivity index (χ3v) is 5.33. The normalized spacial score (nSPS) is 25.3. The van der Waals surface area contributed by atoms with Crippen molar-refractivity contribution in [1.29, 1.82) is 0 Å². The topological polar surface area (TPSA) is 105 Å². The minimum Gasteiger partial charge on any atom is -0.464 e. The number of rotatable bonds is 17. The van der Waals surface area contributed by atoms with E-state index in [9.17, 15) is 20.1 Å². The lowest BCUT2D eigenvalue weighted by Gasteiger charge is -2.19. The molecule has 1 saturated heterocycles. The third kappa shape index (κ3) is 10.2. The Labute approximate surface area is 175 Å². The minimum atomic E-state index is -1.65. The van der Waals surface area contributed by atoms with Crippen LogP contribution in [-0.4, -0.2) is 65.2 Å². The second kappa shape index (κ2) is 16.0. The highest BCUT2D eigenvalue weighted by molar-refractivity contribution is 5.75. The molecule has 0 spiro atoms. The highest BCUT2D eigenvalue weighted by Crippen LogP contribution is 2.25. The molecule has 1 heterocycles. The fraction of sp³-hybridized carbons (Fsp3) is 0.955. The van der Waals surface area contributed by atoms with Crippen LogP contribution in [0.3, 0.4) is 0 Å². The van der Waals surface area contributed by atoms with Gasteiger partial charge in [0.1, 0.15) is 18.3 Å². The van der Waals surface area contributed by atoms with Crippen molar-refractivity contribution in [2.45, 2.75) is 122 Å². The summed E-state index contributed by atoms with van der Waals surface area (Å²) in [5.74, 6) is -0.841. The van der Waals surface area contributed by atoms with Crippen LogP contribution in [0.5, 0.6) is 0 Å². The summed E-state index contributed by atoms with van der Waals surface area (Å²) in [5, 5.41) is 30.4. The number of hydrogen-bond acceptors (Lipinski definition) is 7. The van der Waals surface area contributed by atoms with Crippen molar-refractivity contribution in [3.05, 3.63) is 0 Å². The Hall–Kier alpha value is -0.730. The van der Waals surface area contributed by atoms with Gasteiger partial charge in [-0.05, 0) is 12.8 Å². The molecule has 1 aliphatic rings. The Bertz CT molecular complexity index is 418. The fourth-order valence-electron chi connectivity index (χ4n) is 3.43. The van der Waals surface area contributed by atoms with Crippen LogP contribution in [0.15, 0.2) is 0 Å². The zero-order chi connectivity index (χ0) is 21.5. The van der Waals surface area contributed by atoms with E-state index in [1.807, 2.05) is 0 Å². The number of carbonyl (C=O) groups is 1. The quantitative estimate of drug-likeness (QED) is 0.246. The molecule has 1 fully saturated rings. The van der Waals surface area contributed by atoms with Gasteiger partial charge in [0.2, 0.25) is 0 Å². The van der Waals surface area contributed by atoms with Gasteiger partial charge in [-0.1, -0.05) is 78.1 Å². The molecule has 0 aromatic heterocycles. The monoisotopic (exact) mass is 418 g/mol. The number of carbonyl (C=O) groups excluding carboxylic acids is 1. The van der Waals surface area contributed by atoms with Crippen molar-refractivity contribution in [3.63, 3.8) is 0 Å². The fourth-order valence-corrected chi connectivity index (χ4v) is 3.43. The number of hydrogen-bond donors (Lipinski definition) is 3. The molecule has 7 nitrogen and oxygen atoms in total. The predicted molar refractivity (Wildman–Crippen MR) is 110 cm³/mol. The summed E-state index contributed by atoms with van der Waals surface area (Å²) in [6.45, 7) is 4.95. The van der Waals surface area contributed by atoms with E-state index in [1.165, 1.54) is 38.5 Å². The van der Waals surface area contributed by atoms with Gasteiger partial charge in [-0.25, -0.2) is 4.79 Å².